The van der Waals surface area contributed by atoms with E-state index in [4.69, 9.17) is 9.47 Å². The van der Waals surface area contributed by atoms with Crippen molar-refractivity contribution < 1.29 is 55.2 Å². The molecule has 17 heteroatoms. The number of nitrogens with one attached hydrogen (secondary N) is 2. The third kappa shape index (κ3) is 7.77. The summed E-state index contributed by atoms with van der Waals surface area (Å²) in [6, 6.07) is 0.551. The summed E-state index contributed by atoms with van der Waals surface area (Å²) in [7, 11) is 0. The van der Waals surface area contributed by atoms with Gasteiger partial charge in [0.15, 0.2) is 17.9 Å². The van der Waals surface area contributed by atoms with Gasteiger partial charge < -0.3 is 14.0 Å². The second-order valence-corrected chi connectivity index (χ2v) is 13.2. The van der Waals surface area contributed by atoms with Gasteiger partial charge in [-0.1, -0.05) is 0 Å². The minimum Gasteiger partial charge on any atom is -0.598 e. The van der Waals surface area contributed by atoms with E-state index in [-0.39, 0.29) is 37.6 Å². The number of aromatic nitrogens is 1. The van der Waals surface area contributed by atoms with Crippen molar-refractivity contribution in [3.05, 3.63) is 53.6 Å². The average molecular weight is 661 g/mol. The first-order valence-corrected chi connectivity index (χ1v) is 14.8. The molecule has 0 radical (unpaired) electrons. The molecule has 2 unspecified atom stereocenters. The number of Topliss-reactive ketones (excluding diaryl/α,β-unsaturated/α-hetero) is 1. The summed E-state index contributed by atoms with van der Waals surface area (Å²) in [6.45, 7) is 4.91. The summed E-state index contributed by atoms with van der Waals surface area (Å²) in [5.41, 5.74) is -1.80. The molecule has 45 heavy (non-hydrogen) atoms. The van der Waals surface area contributed by atoms with E-state index in [1.54, 1.807) is 0 Å². The number of carbonyl (C=O) groups excluding carboxylic acids is 4. The molecular weight excluding hydrogens is 631 g/mol. The molecule has 3 heterocycles. The van der Waals surface area contributed by atoms with E-state index >= 15 is 8.78 Å². The van der Waals surface area contributed by atoms with Crippen molar-refractivity contribution in [2.75, 3.05) is 13.2 Å². The zero-order valence-corrected chi connectivity index (χ0v) is 25.0. The fraction of sp³-hybridized carbons (Fsp3) is 0.464. The Morgan fingerprint density at radius 2 is 1.78 bits per heavy atom. The quantitative estimate of drug-likeness (QED) is 0.232. The molecule has 1 aromatic carbocycles. The number of pyridine rings is 1. The Morgan fingerprint density at radius 1 is 1.13 bits per heavy atom. The van der Waals surface area contributed by atoms with Crippen LogP contribution < -0.4 is 14.8 Å². The molecule has 2 aromatic rings. The van der Waals surface area contributed by atoms with E-state index in [1.165, 1.54) is 20.8 Å². The zero-order valence-electron chi connectivity index (χ0n) is 24.2. The highest BCUT2D eigenvalue weighted by Gasteiger charge is 2.51. The molecule has 244 valence electrons. The molecule has 11 nitrogen and oxygen atoms in total. The Balaban J connectivity index is 1.66. The van der Waals surface area contributed by atoms with Crippen LogP contribution in [0.2, 0.25) is 0 Å². The van der Waals surface area contributed by atoms with Crippen LogP contribution in [-0.4, -0.2) is 68.2 Å². The topological polar surface area (TPSA) is 150 Å². The van der Waals surface area contributed by atoms with E-state index in [0.29, 0.717) is 11.0 Å². The number of benzene rings is 1. The van der Waals surface area contributed by atoms with Crippen LogP contribution in [0.25, 0.3) is 0 Å². The highest BCUT2D eigenvalue weighted by atomic mass is 32.2. The van der Waals surface area contributed by atoms with Crippen LogP contribution in [-0.2, 0) is 36.7 Å². The number of nitrogens with zero attached hydrogens (tertiary/aromatic N) is 2. The van der Waals surface area contributed by atoms with Crippen molar-refractivity contribution in [3.8, 4) is 11.5 Å². The van der Waals surface area contributed by atoms with Crippen LogP contribution in [0.3, 0.4) is 0 Å². The number of carbonyl (C=O) groups is 4. The number of barbiturate groups is 1. The Bertz CT molecular complexity index is 1450. The van der Waals surface area contributed by atoms with Crippen molar-refractivity contribution >= 4 is 35.0 Å². The molecule has 2 aliphatic heterocycles. The summed E-state index contributed by atoms with van der Waals surface area (Å²) in [5, 5.41) is 1.90. The zero-order chi connectivity index (χ0) is 33.3. The van der Waals surface area contributed by atoms with E-state index in [1.807, 2.05) is 5.32 Å². The van der Waals surface area contributed by atoms with Crippen LogP contribution >= 0.6 is 0 Å². The minimum absolute atomic E-state index is 0.196. The number of hydrogen-bond donors (Lipinski definition) is 2. The summed E-state index contributed by atoms with van der Waals surface area (Å²) in [4.78, 5) is 56.0. The van der Waals surface area contributed by atoms with Gasteiger partial charge in [0.2, 0.25) is 5.91 Å². The normalized spacial score (nSPS) is 20.4. The number of amides is 4. The third-order valence-electron chi connectivity index (χ3n) is 6.96. The third-order valence-corrected chi connectivity index (χ3v) is 8.54. The van der Waals surface area contributed by atoms with Gasteiger partial charge in [-0.15, -0.1) is 4.72 Å². The second-order valence-electron chi connectivity index (χ2n) is 11.2. The van der Waals surface area contributed by atoms with Gasteiger partial charge in [-0.25, -0.2) is 18.6 Å². The molecule has 0 aliphatic carbocycles. The van der Waals surface area contributed by atoms with Crippen LogP contribution in [0, 0.1) is 11.7 Å². The molecule has 4 rings (SSSR count). The molecule has 0 bridgehead atoms. The number of urea groups is 1. The maximum atomic E-state index is 16.3. The highest BCUT2D eigenvalue weighted by molar-refractivity contribution is 7.90. The maximum absolute atomic E-state index is 16.3. The molecule has 2 saturated heterocycles. The Kier molecular flexibility index (Phi) is 10.2. The van der Waals surface area contributed by atoms with Crippen molar-refractivity contribution in [2.45, 2.75) is 62.8 Å². The van der Waals surface area contributed by atoms with Gasteiger partial charge in [0.05, 0.1) is 6.20 Å². The number of ether oxygens (including phenoxy) is 2. The average Bonchev–Trinajstić information content (AvgIpc) is 2.96. The van der Waals surface area contributed by atoms with Crippen molar-refractivity contribution in [1.29, 1.82) is 0 Å². The Hall–Kier alpha value is -3.67. The standard InChI is InChI=1S/C28H29F5N4O7S/c1-27(2,3)45(42)36-22(17-12-15(4-6-18(17)29)44-16-5-7-19(34-13-16)28(31,32)33)21(30)23(38)20-24(39)35-26(41)37(25(20)40)14-8-10-43-11-9-14/h4-7,12-14,20-22,36H,8-11H2,1-3H3,(H,35,39,41)/t20?,21-,22+,45?/m1/s1. The summed E-state index contributed by atoms with van der Waals surface area (Å²) < 4.78 is 95.1. The number of ketones is 1. The van der Waals surface area contributed by atoms with Crippen LogP contribution in [0.4, 0.5) is 26.7 Å². The first-order valence-electron chi connectivity index (χ1n) is 13.6. The van der Waals surface area contributed by atoms with Crippen LogP contribution in [0.15, 0.2) is 36.5 Å². The summed E-state index contributed by atoms with van der Waals surface area (Å²) in [6.07, 6.45) is -6.38. The number of rotatable bonds is 9. The van der Waals surface area contributed by atoms with E-state index < -0.39 is 87.2 Å². The highest BCUT2D eigenvalue weighted by Crippen LogP contribution is 2.34. The first kappa shape index (κ1) is 34.2. The van der Waals surface area contributed by atoms with Gasteiger partial charge in [-0.05, 0) is 63.9 Å². The van der Waals surface area contributed by atoms with Gasteiger partial charge >= 0.3 is 12.2 Å². The molecule has 0 spiro atoms. The molecule has 4 atom stereocenters. The van der Waals surface area contributed by atoms with Crippen molar-refractivity contribution in [3.63, 3.8) is 0 Å². The molecular formula is C28H29F5N4O7S. The maximum Gasteiger partial charge on any atom is 0.433 e. The van der Waals surface area contributed by atoms with Gasteiger partial charge in [0.25, 0.3) is 5.91 Å². The number of alkyl halides is 4. The molecule has 2 fully saturated rings. The number of imide groups is 2. The SMILES string of the molecule is CC(C)(C)[S+]([O-])N[C@@H](c1cc(Oc2ccc(C(F)(F)F)nc2)ccc1F)[C@@H](F)C(=O)C1C(=O)NC(=O)N(C2CCOCC2)C1=O. The Morgan fingerprint density at radius 3 is 2.36 bits per heavy atom. The van der Waals surface area contributed by atoms with E-state index in [0.717, 1.165) is 30.5 Å². The fourth-order valence-electron chi connectivity index (χ4n) is 4.59. The van der Waals surface area contributed by atoms with Crippen LogP contribution in [0.1, 0.15) is 50.9 Å². The Labute approximate surface area is 257 Å². The van der Waals surface area contributed by atoms with Gasteiger partial charge in [0.1, 0.15) is 33.8 Å². The predicted molar refractivity (Wildman–Crippen MR) is 147 cm³/mol. The summed E-state index contributed by atoms with van der Waals surface area (Å²) in [5.74, 6) is -8.08. The van der Waals surface area contributed by atoms with Gasteiger partial charge in [-0.2, -0.15) is 13.2 Å². The van der Waals surface area contributed by atoms with E-state index in [9.17, 15) is 36.9 Å². The lowest BCUT2D eigenvalue weighted by Crippen LogP contribution is -2.64. The van der Waals surface area contributed by atoms with Crippen molar-refractivity contribution in [1.82, 2.24) is 19.9 Å². The van der Waals surface area contributed by atoms with E-state index in [2.05, 4.69) is 9.71 Å². The molecule has 0 saturated carbocycles. The van der Waals surface area contributed by atoms with Crippen molar-refractivity contribution in [2.24, 2.45) is 5.92 Å². The number of halogens is 5. The van der Waals surface area contributed by atoms with Gasteiger partial charge in [-0.3, -0.25) is 24.6 Å². The fourth-order valence-corrected chi connectivity index (χ4v) is 5.42. The molecule has 2 aliphatic rings. The predicted octanol–water partition coefficient (Wildman–Crippen LogP) is 3.91. The lowest BCUT2D eigenvalue weighted by atomic mass is 9.89. The minimum atomic E-state index is -4.71. The molecule has 2 N–H and O–H groups in total. The molecule has 4 amide bonds. The first-order chi connectivity index (χ1) is 21.0. The molecule has 1 aromatic heterocycles. The largest absolute Gasteiger partial charge is 0.598 e. The van der Waals surface area contributed by atoms with Crippen LogP contribution in [0.5, 0.6) is 11.5 Å². The summed E-state index contributed by atoms with van der Waals surface area (Å²) >= 11 is -2.14. The second kappa shape index (κ2) is 13.4. The lowest BCUT2D eigenvalue weighted by Gasteiger charge is -2.37. The smallest absolute Gasteiger partial charge is 0.433 e. The van der Waals surface area contributed by atoms with Gasteiger partial charge in [0, 0.05) is 36.2 Å². The lowest BCUT2D eigenvalue weighted by molar-refractivity contribution is -0.151. The monoisotopic (exact) mass is 660 g/mol. The number of hydrogen-bond acceptors (Lipinski definition) is 9.